The van der Waals surface area contributed by atoms with Crippen LogP contribution in [0, 0.1) is 5.92 Å². The van der Waals surface area contributed by atoms with Gasteiger partial charge in [0.05, 0.1) is 5.69 Å². The molecule has 148 valence electrons. The molecule has 3 unspecified atom stereocenters. The van der Waals surface area contributed by atoms with Crippen molar-refractivity contribution in [3.8, 4) is 5.75 Å². The van der Waals surface area contributed by atoms with Gasteiger partial charge in [0.15, 0.2) is 0 Å². The molecule has 1 aromatic rings. The van der Waals surface area contributed by atoms with E-state index in [0.29, 0.717) is 18.8 Å². The van der Waals surface area contributed by atoms with E-state index in [1.54, 1.807) is 18.2 Å². The molecule has 9 heteroatoms. The van der Waals surface area contributed by atoms with Crippen molar-refractivity contribution in [3.05, 3.63) is 24.3 Å². The molecule has 3 rings (SSSR count). The number of ether oxygens (including phenoxy) is 1. The second-order valence-electron chi connectivity index (χ2n) is 6.56. The highest BCUT2D eigenvalue weighted by Gasteiger charge is 2.31. The molecule has 2 aliphatic rings. The van der Waals surface area contributed by atoms with Crippen molar-refractivity contribution in [2.24, 2.45) is 11.7 Å². The first-order chi connectivity index (χ1) is 11.5. The smallest absolute Gasteiger partial charge is 0.387 e. The minimum Gasteiger partial charge on any atom is -0.433 e. The van der Waals surface area contributed by atoms with Gasteiger partial charge in [-0.25, -0.2) is 0 Å². The lowest BCUT2D eigenvalue weighted by molar-refractivity contribution is -0.125. The molecule has 1 heterocycles. The molecule has 3 N–H and O–H groups in total. The van der Waals surface area contributed by atoms with Gasteiger partial charge in [0.1, 0.15) is 5.75 Å². The molecule has 0 bridgehead atoms. The Kier molecular flexibility index (Phi) is 8.86. The van der Waals surface area contributed by atoms with E-state index in [1.807, 2.05) is 4.90 Å². The first-order valence-corrected chi connectivity index (χ1v) is 8.37. The quantitative estimate of drug-likeness (QED) is 0.781. The summed E-state index contributed by atoms with van der Waals surface area (Å²) in [4.78, 5) is 14.3. The number of nitrogens with zero attached hydrogens (tertiary/aromatic N) is 1. The van der Waals surface area contributed by atoms with Crippen LogP contribution in [0.25, 0.3) is 0 Å². The summed E-state index contributed by atoms with van der Waals surface area (Å²) in [7, 11) is 0. The first kappa shape index (κ1) is 22.7. The van der Waals surface area contributed by atoms with Crippen LogP contribution < -0.4 is 20.7 Å². The normalized spacial score (nSPS) is 24.8. The predicted octanol–water partition coefficient (Wildman–Crippen LogP) is 2.95. The number of amides is 1. The number of nitrogens with one attached hydrogen (secondary N) is 1. The summed E-state index contributed by atoms with van der Waals surface area (Å²) in [5.41, 5.74) is 6.50. The van der Waals surface area contributed by atoms with Crippen LogP contribution in [0.5, 0.6) is 5.75 Å². The van der Waals surface area contributed by atoms with E-state index >= 15 is 0 Å². The Balaban J connectivity index is 0.00000169. The SMILES string of the molecule is Cl.Cl.NC1CCC(C(=O)NC2CCN(c3ccccc3OC(F)F)C2)C1. The standard InChI is InChI=1S/C17H23F2N3O2.2ClH/c18-17(19)24-15-4-2-1-3-14(15)22-8-7-13(10-22)21-16(23)11-5-6-12(20)9-11;;/h1-4,11-13,17H,5-10,20H2,(H,21,23);2*1H. The van der Waals surface area contributed by atoms with E-state index in [0.717, 1.165) is 25.7 Å². The van der Waals surface area contributed by atoms with Gasteiger partial charge >= 0.3 is 6.61 Å². The summed E-state index contributed by atoms with van der Waals surface area (Å²) >= 11 is 0. The summed E-state index contributed by atoms with van der Waals surface area (Å²) in [6.45, 7) is -1.57. The molecule has 1 saturated heterocycles. The van der Waals surface area contributed by atoms with Gasteiger partial charge < -0.3 is 20.7 Å². The van der Waals surface area contributed by atoms with Crippen LogP contribution in [0.2, 0.25) is 0 Å². The lowest BCUT2D eigenvalue weighted by atomic mass is 10.1. The Hall–Kier alpha value is -1.31. The molecule has 1 saturated carbocycles. The van der Waals surface area contributed by atoms with Crippen molar-refractivity contribution in [1.82, 2.24) is 5.32 Å². The van der Waals surface area contributed by atoms with Crippen LogP contribution in [0.1, 0.15) is 25.7 Å². The van der Waals surface area contributed by atoms with Crippen LogP contribution >= 0.6 is 24.8 Å². The van der Waals surface area contributed by atoms with E-state index in [-0.39, 0.29) is 54.5 Å². The van der Waals surface area contributed by atoms with Gasteiger partial charge in [0.25, 0.3) is 0 Å². The summed E-state index contributed by atoms with van der Waals surface area (Å²) in [5.74, 6) is 0.233. The molecule has 3 atom stereocenters. The molecule has 1 amide bonds. The number of carbonyl (C=O) groups excluding carboxylic acids is 1. The minimum absolute atomic E-state index is 0. The van der Waals surface area contributed by atoms with Crippen LogP contribution in [-0.4, -0.2) is 37.7 Å². The fourth-order valence-corrected chi connectivity index (χ4v) is 3.58. The number of nitrogens with two attached hydrogens (primary N) is 1. The van der Waals surface area contributed by atoms with Crippen molar-refractivity contribution >= 4 is 36.4 Å². The first-order valence-electron chi connectivity index (χ1n) is 8.37. The lowest BCUT2D eigenvalue weighted by Crippen LogP contribution is -2.40. The largest absolute Gasteiger partial charge is 0.433 e. The molecule has 1 aromatic carbocycles. The molecule has 0 aromatic heterocycles. The molecule has 0 radical (unpaired) electrons. The predicted molar refractivity (Wildman–Crippen MR) is 102 cm³/mol. The number of carbonyl (C=O) groups is 1. The minimum atomic E-state index is -2.85. The zero-order valence-corrected chi connectivity index (χ0v) is 15.9. The average molecular weight is 412 g/mol. The van der Waals surface area contributed by atoms with Crippen LogP contribution in [-0.2, 0) is 4.79 Å². The van der Waals surface area contributed by atoms with Crippen molar-refractivity contribution < 1.29 is 18.3 Å². The number of hydrogen-bond acceptors (Lipinski definition) is 4. The maximum atomic E-state index is 12.5. The maximum Gasteiger partial charge on any atom is 0.387 e. The fourth-order valence-electron chi connectivity index (χ4n) is 3.58. The van der Waals surface area contributed by atoms with E-state index in [1.165, 1.54) is 6.07 Å². The zero-order chi connectivity index (χ0) is 17.1. The van der Waals surface area contributed by atoms with Crippen molar-refractivity contribution in [2.45, 2.75) is 44.4 Å². The topological polar surface area (TPSA) is 67.6 Å². The number of para-hydroxylation sites is 2. The number of rotatable bonds is 5. The summed E-state index contributed by atoms with van der Waals surface area (Å²) in [6, 6.07) is 6.90. The van der Waals surface area contributed by atoms with E-state index in [2.05, 4.69) is 10.1 Å². The van der Waals surface area contributed by atoms with Crippen LogP contribution in [0.3, 0.4) is 0 Å². The van der Waals surface area contributed by atoms with E-state index < -0.39 is 6.61 Å². The highest BCUT2D eigenvalue weighted by atomic mass is 35.5. The Morgan fingerprint density at radius 2 is 1.96 bits per heavy atom. The molecular weight excluding hydrogens is 387 g/mol. The molecule has 1 aliphatic heterocycles. The molecule has 5 nitrogen and oxygen atoms in total. The monoisotopic (exact) mass is 411 g/mol. The molecule has 2 fully saturated rings. The average Bonchev–Trinajstić information content (AvgIpc) is 3.16. The third kappa shape index (κ3) is 5.59. The Labute approximate surface area is 164 Å². The van der Waals surface area contributed by atoms with Gasteiger partial charge in [-0.15, -0.1) is 24.8 Å². The van der Waals surface area contributed by atoms with Crippen molar-refractivity contribution in [2.75, 3.05) is 18.0 Å². The number of halogens is 4. The Morgan fingerprint density at radius 1 is 1.23 bits per heavy atom. The van der Waals surface area contributed by atoms with Crippen molar-refractivity contribution in [3.63, 3.8) is 0 Å². The van der Waals surface area contributed by atoms with Crippen LogP contribution in [0.4, 0.5) is 14.5 Å². The maximum absolute atomic E-state index is 12.5. The lowest BCUT2D eigenvalue weighted by Gasteiger charge is -2.22. The number of anilines is 1. The summed E-state index contributed by atoms with van der Waals surface area (Å²) in [6.07, 6.45) is 3.27. The van der Waals surface area contributed by atoms with Gasteiger partial charge in [0, 0.05) is 31.1 Å². The number of alkyl halides is 2. The second-order valence-corrected chi connectivity index (χ2v) is 6.56. The van der Waals surface area contributed by atoms with Gasteiger partial charge in [-0.2, -0.15) is 8.78 Å². The highest BCUT2D eigenvalue weighted by Crippen LogP contribution is 2.32. The highest BCUT2D eigenvalue weighted by molar-refractivity contribution is 5.85. The second kappa shape index (κ2) is 10.1. The fraction of sp³-hybridized carbons (Fsp3) is 0.588. The third-order valence-electron chi connectivity index (χ3n) is 4.80. The van der Waals surface area contributed by atoms with Gasteiger partial charge in [0.2, 0.25) is 5.91 Å². The van der Waals surface area contributed by atoms with Gasteiger partial charge in [-0.3, -0.25) is 4.79 Å². The molecule has 1 aliphatic carbocycles. The zero-order valence-electron chi connectivity index (χ0n) is 14.3. The van der Waals surface area contributed by atoms with Crippen molar-refractivity contribution in [1.29, 1.82) is 0 Å². The third-order valence-corrected chi connectivity index (χ3v) is 4.80. The summed E-state index contributed by atoms with van der Waals surface area (Å²) in [5, 5.41) is 3.08. The van der Waals surface area contributed by atoms with Crippen LogP contribution in [0.15, 0.2) is 24.3 Å². The molecule has 26 heavy (non-hydrogen) atoms. The van der Waals surface area contributed by atoms with E-state index in [9.17, 15) is 13.6 Å². The molecular formula is C17H25Cl2F2N3O2. The van der Waals surface area contributed by atoms with Gasteiger partial charge in [-0.1, -0.05) is 12.1 Å². The van der Waals surface area contributed by atoms with E-state index in [4.69, 9.17) is 5.73 Å². The Bertz CT molecular complexity index is 595. The number of benzene rings is 1. The Morgan fingerprint density at radius 3 is 2.62 bits per heavy atom. The van der Waals surface area contributed by atoms with Gasteiger partial charge in [-0.05, 0) is 37.8 Å². The summed E-state index contributed by atoms with van der Waals surface area (Å²) < 4.78 is 29.7. The number of hydrogen-bond donors (Lipinski definition) is 2. The molecule has 0 spiro atoms.